The van der Waals surface area contributed by atoms with Gasteiger partial charge in [0.2, 0.25) is 5.88 Å². The summed E-state index contributed by atoms with van der Waals surface area (Å²) in [6.07, 6.45) is 7.46. The highest BCUT2D eigenvalue weighted by Crippen LogP contribution is 2.39. The molecule has 0 spiro atoms. The van der Waals surface area contributed by atoms with Gasteiger partial charge in [-0.3, -0.25) is 9.78 Å². The molecule has 0 bridgehead atoms. The molecule has 9 heteroatoms. The van der Waals surface area contributed by atoms with Crippen molar-refractivity contribution in [2.45, 2.75) is 13.0 Å². The number of hydrogen-bond donors (Lipinski definition) is 2. The zero-order chi connectivity index (χ0) is 23.3. The number of nitrogens with zero attached hydrogens (tertiary/aromatic N) is 4. The molecule has 0 saturated carbocycles. The summed E-state index contributed by atoms with van der Waals surface area (Å²) in [7, 11) is 1.51. The molecule has 1 amide bonds. The average Bonchev–Trinajstić information content (AvgIpc) is 3.38. The number of rotatable bonds is 7. The number of hydrogen-bond acceptors (Lipinski definition) is 8. The van der Waals surface area contributed by atoms with E-state index in [2.05, 4.69) is 30.6 Å². The predicted molar refractivity (Wildman–Crippen MR) is 127 cm³/mol. The van der Waals surface area contributed by atoms with Crippen molar-refractivity contribution in [1.29, 1.82) is 0 Å². The van der Waals surface area contributed by atoms with Crippen LogP contribution < -0.4 is 20.1 Å². The van der Waals surface area contributed by atoms with Gasteiger partial charge in [-0.2, -0.15) is 0 Å². The van der Waals surface area contributed by atoms with Gasteiger partial charge >= 0.3 is 0 Å². The summed E-state index contributed by atoms with van der Waals surface area (Å²) in [6, 6.07) is 12.8. The molecule has 0 unspecified atom stereocenters. The number of amides is 1. The number of aromatic nitrogens is 4. The first-order valence-corrected chi connectivity index (χ1v) is 10.8. The average molecular weight is 454 g/mol. The van der Waals surface area contributed by atoms with Crippen molar-refractivity contribution in [3.63, 3.8) is 0 Å². The molecule has 0 saturated heterocycles. The van der Waals surface area contributed by atoms with E-state index in [4.69, 9.17) is 9.47 Å². The number of carbonyl (C=O) groups excluding carboxylic acids is 1. The fourth-order valence-corrected chi connectivity index (χ4v) is 3.79. The summed E-state index contributed by atoms with van der Waals surface area (Å²) in [6.45, 7) is 1.13. The van der Waals surface area contributed by atoms with Crippen LogP contribution in [0.2, 0.25) is 0 Å². The Kier molecular flexibility index (Phi) is 5.98. The van der Waals surface area contributed by atoms with Crippen LogP contribution in [0, 0.1) is 0 Å². The Morgan fingerprint density at radius 3 is 2.85 bits per heavy atom. The van der Waals surface area contributed by atoms with Crippen molar-refractivity contribution in [3.8, 4) is 22.8 Å². The third kappa shape index (κ3) is 4.49. The minimum Gasteiger partial charge on any atom is -0.492 e. The third-order valence-electron chi connectivity index (χ3n) is 5.46. The molecule has 0 atom stereocenters. The van der Waals surface area contributed by atoms with E-state index in [1.807, 2.05) is 36.5 Å². The van der Waals surface area contributed by atoms with E-state index < -0.39 is 0 Å². The molecule has 1 aliphatic heterocycles. The molecule has 0 aliphatic carbocycles. The smallest absolute Gasteiger partial charge is 0.256 e. The quantitative estimate of drug-likeness (QED) is 0.434. The monoisotopic (exact) mass is 454 g/mol. The Balaban J connectivity index is 1.30. The molecule has 2 N–H and O–H groups in total. The first kappa shape index (κ1) is 21.3. The van der Waals surface area contributed by atoms with Gasteiger partial charge in [0.05, 0.1) is 13.7 Å². The van der Waals surface area contributed by atoms with E-state index in [-0.39, 0.29) is 5.91 Å². The van der Waals surface area contributed by atoms with Gasteiger partial charge in [0, 0.05) is 54.3 Å². The second-order valence-corrected chi connectivity index (χ2v) is 7.62. The van der Waals surface area contributed by atoms with Gasteiger partial charge in [-0.15, -0.1) is 0 Å². The normalized spacial score (nSPS) is 11.9. The van der Waals surface area contributed by atoms with Crippen LogP contribution in [0.5, 0.6) is 11.6 Å². The van der Waals surface area contributed by atoms with Gasteiger partial charge < -0.3 is 20.1 Å². The fraction of sp³-hybridized carbons (Fsp3) is 0.160. The maximum absolute atomic E-state index is 12.7. The highest BCUT2D eigenvalue weighted by Gasteiger charge is 2.22. The summed E-state index contributed by atoms with van der Waals surface area (Å²) in [5.41, 5.74) is 4.50. The summed E-state index contributed by atoms with van der Waals surface area (Å²) in [5.74, 6) is 2.12. The van der Waals surface area contributed by atoms with Crippen LogP contribution in [0.4, 0.5) is 11.6 Å². The summed E-state index contributed by atoms with van der Waals surface area (Å²) in [4.78, 5) is 29.4. The minimum atomic E-state index is -0.267. The van der Waals surface area contributed by atoms with Crippen molar-refractivity contribution in [1.82, 2.24) is 19.9 Å². The lowest BCUT2D eigenvalue weighted by Crippen LogP contribution is -2.14. The lowest BCUT2D eigenvalue weighted by atomic mass is 10.0. The number of anilines is 2. The van der Waals surface area contributed by atoms with E-state index >= 15 is 0 Å². The van der Waals surface area contributed by atoms with Crippen LogP contribution in [0.15, 0.2) is 67.4 Å². The Bertz CT molecular complexity index is 1330. The zero-order valence-electron chi connectivity index (χ0n) is 18.5. The minimum absolute atomic E-state index is 0.267. The molecule has 170 valence electrons. The summed E-state index contributed by atoms with van der Waals surface area (Å²) in [5, 5.41) is 6.16. The number of ether oxygens (including phenoxy) is 2. The Labute approximate surface area is 196 Å². The van der Waals surface area contributed by atoms with Crippen LogP contribution in [0.3, 0.4) is 0 Å². The van der Waals surface area contributed by atoms with Crippen molar-refractivity contribution in [2.75, 3.05) is 24.4 Å². The van der Waals surface area contributed by atoms with Crippen LogP contribution in [0.1, 0.15) is 21.5 Å². The van der Waals surface area contributed by atoms with E-state index in [1.54, 1.807) is 24.5 Å². The molecule has 5 rings (SSSR count). The number of benzene rings is 1. The predicted octanol–water partition coefficient (Wildman–Crippen LogP) is 3.74. The Morgan fingerprint density at radius 2 is 2.00 bits per heavy atom. The first-order chi connectivity index (χ1) is 16.7. The molecule has 1 aliphatic rings. The van der Waals surface area contributed by atoms with Gasteiger partial charge in [0.15, 0.2) is 0 Å². The van der Waals surface area contributed by atoms with E-state index in [9.17, 15) is 4.79 Å². The number of methoxy groups -OCH3 is 1. The molecule has 1 aromatic carbocycles. The van der Waals surface area contributed by atoms with Gasteiger partial charge in [0.1, 0.15) is 23.7 Å². The molecule has 9 nitrogen and oxygen atoms in total. The maximum atomic E-state index is 12.7. The standard InChI is InChI=1S/C25H22N6O3/c1-33-22-12-21(29-15-30-22)31-25(32)18-4-2-3-16(11-18)13-27-24-19-7-10-34-23(19)20(14-28-24)17-5-8-26-9-6-17/h2-6,8-9,11-12,14-15H,7,10,13H2,1H3,(H,27,28)(H,29,30,31,32). The lowest BCUT2D eigenvalue weighted by molar-refractivity contribution is 0.102. The summed E-state index contributed by atoms with van der Waals surface area (Å²) >= 11 is 0. The molecular formula is C25H22N6O3. The van der Waals surface area contributed by atoms with Gasteiger partial charge in [0.25, 0.3) is 5.91 Å². The molecular weight excluding hydrogens is 432 g/mol. The zero-order valence-corrected chi connectivity index (χ0v) is 18.5. The third-order valence-corrected chi connectivity index (χ3v) is 5.46. The maximum Gasteiger partial charge on any atom is 0.256 e. The molecule has 0 radical (unpaired) electrons. The first-order valence-electron chi connectivity index (χ1n) is 10.8. The number of carbonyl (C=O) groups is 1. The molecule has 34 heavy (non-hydrogen) atoms. The highest BCUT2D eigenvalue weighted by molar-refractivity contribution is 6.03. The molecule has 4 heterocycles. The van der Waals surface area contributed by atoms with Crippen LogP contribution in [-0.2, 0) is 13.0 Å². The van der Waals surface area contributed by atoms with Crippen molar-refractivity contribution in [3.05, 3.63) is 84.1 Å². The van der Waals surface area contributed by atoms with E-state index in [0.29, 0.717) is 30.4 Å². The molecule has 0 fully saturated rings. The second-order valence-electron chi connectivity index (χ2n) is 7.62. The van der Waals surface area contributed by atoms with E-state index in [0.717, 1.165) is 40.2 Å². The van der Waals surface area contributed by atoms with Crippen molar-refractivity contribution in [2.24, 2.45) is 0 Å². The van der Waals surface area contributed by atoms with Crippen LogP contribution in [0.25, 0.3) is 11.1 Å². The Morgan fingerprint density at radius 1 is 1.12 bits per heavy atom. The second kappa shape index (κ2) is 9.53. The topological polar surface area (TPSA) is 111 Å². The highest BCUT2D eigenvalue weighted by atomic mass is 16.5. The Hall–Kier alpha value is -4.53. The van der Waals surface area contributed by atoms with Gasteiger partial charge in [-0.05, 0) is 35.4 Å². The lowest BCUT2D eigenvalue weighted by Gasteiger charge is -2.13. The molecule has 4 aromatic rings. The summed E-state index contributed by atoms with van der Waals surface area (Å²) < 4.78 is 11.0. The molecule has 3 aromatic heterocycles. The van der Waals surface area contributed by atoms with Crippen LogP contribution >= 0.6 is 0 Å². The van der Waals surface area contributed by atoms with Crippen LogP contribution in [-0.4, -0.2) is 39.6 Å². The number of fused-ring (bicyclic) bond motifs is 1. The van der Waals surface area contributed by atoms with Crippen molar-refractivity contribution < 1.29 is 14.3 Å². The van der Waals surface area contributed by atoms with Gasteiger partial charge in [-0.25, -0.2) is 15.0 Å². The largest absolute Gasteiger partial charge is 0.492 e. The fourth-order valence-electron chi connectivity index (χ4n) is 3.79. The SMILES string of the molecule is COc1cc(NC(=O)c2cccc(CNc3ncc(-c4ccncc4)c4c3CCO4)c2)ncn1. The van der Waals surface area contributed by atoms with E-state index in [1.165, 1.54) is 13.4 Å². The number of nitrogens with one attached hydrogen (secondary N) is 2. The number of pyridine rings is 2. The van der Waals surface area contributed by atoms with Gasteiger partial charge in [-0.1, -0.05) is 12.1 Å². The van der Waals surface area contributed by atoms with Crippen molar-refractivity contribution >= 4 is 17.5 Å².